The van der Waals surface area contributed by atoms with E-state index in [0.29, 0.717) is 6.54 Å². The van der Waals surface area contributed by atoms with Crippen molar-refractivity contribution in [2.45, 2.75) is 45.1 Å². The Morgan fingerprint density at radius 2 is 1.82 bits per heavy atom. The third-order valence-corrected chi connectivity index (χ3v) is 6.32. The van der Waals surface area contributed by atoms with Crippen LogP contribution in [0.25, 0.3) is 22.0 Å². The molecule has 1 spiro atoms. The van der Waals surface area contributed by atoms with Crippen molar-refractivity contribution < 1.29 is 4.79 Å². The Morgan fingerprint density at radius 3 is 2.57 bits per heavy atom. The van der Waals surface area contributed by atoms with Crippen LogP contribution in [0.15, 0.2) is 53.7 Å². The summed E-state index contributed by atoms with van der Waals surface area (Å²) >= 11 is 0. The number of aromatic nitrogens is 1. The first-order chi connectivity index (χ1) is 13.6. The molecule has 0 bridgehead atoms. The van der Waals surface area contributed by atoms with E-state index in [1.165, 1.54) is 16.5 Å². The second-order valence-corrected chi connectivity index (χ2v) is 8.03. The number of nitrogens with zero attached hydrogens (tertiary/aromatic N) is 2. The van der Waals surface area contributed by atoms with Gasteiger partial charge in [0, 0.05) is 23.8 Å². The zero-order chi connectivity index (χ0) is 19.3. The zero-order valence-corrected chi connectivity index (χ0v) is 16.5. The van der Waals surface area contributed by atoms with Gasteiger partial charge in [-0.15, -0.1) is 0 Å². The Kier molecular flexibility index (Phi) is 3.90. The van der Waals surface area contributed by atoms with E-state index in [9.17, 15) is 4.79 Å². The predicted molar refractivity (Wildman–Crippen MR) is 114 cm³/mol. The topological polar surface area (TPSA) is 48.5 Å². The maximum Gasteiger partial charge on any atom is 0.256 e. The smallest absolute Gasteiger partial charge is 0.256 e. The van der Waals surface area contributed by atoms with E-state index in [1.807, 2.05) is 18.0 Å². The Balaban J connectivity index is 1.55. The first-order valence-electron chi connectivity index (χ1n) is 10.2. The number of nitrogens with one attached hydrogen (secondary N) is 1. The normalized spacial score (nSPS) is 18.4. The minimum Gasteiger partial charge on any atom is -0.361 e. The molecule has 3 aromatic rings. The molecule has 1 N–H and O–H groups in total. The van der Waals surface area contributed by atoms with Crippen molar-refractivity contribution in [3.63, 3.8) is 0 Å². The van der Waals surface area contributed by atoms with Gasteiger partial charge in [0.25, 0.3) is 5.91 Å². The predicted octanol–water partition coefficient (Wildman–Crippen LogP) is 5.06. The Morgan fingerprint density at radius 1 is 1.07 bits per heavy atom. The lowest BCUT2D eigenvalue weighted by atomic mass is 9.98. The molecule has 1 fully saturated rings. The van der Waals surface area contributed by atoms with Gasteiger partial charge in [-0.3, -0.25) is 14.7 Å². The highest BCUT2D eigenvalue weighted by molar-refractivity contribution is 6.16. The number of hydrogen-bond acceptors (Lipinski definition) is 2. The maximum absolute atomic E-state index is 13.1. The van der Waals surface area contributed by atoms with Gasteiger partial charge in [-0.2, -0.15) is 0 Å². The van der Waals surface area contributed by atoms with Crippen LogP contribution in [0.2, 0.25) is 0 Å². The summed E-state index contributed by atoms with van der Waals surface area (Å²) < 4.78 is 0. The summed E-state index contributed by atoms with van der Waals surface area (Å²) in [6, 6.07) is 15.1. The second kappa shape index (κ2) is 6.33. The molecule has 1 amide bonds. The molecule has 5 rings (SSSR count). The van der Waals surface area contributed by atoms with Gasteiger partial charge >= 0.3 is 0 Å². The number of aliphatic imine (C=N–C) groups is 1. The van der Waals surface area contributed by atoms with Crippen LogP contribution in [0.5, 0.6) is 0 Å². The number of carbonyl (C=O) groups excluding carboxylic acids is 1. The largest absolute Gasteiger partial charge is 0.361 e. The van der Waals surface area contributed by atoms with E-state index in [2.05, 4.69) is 54.4 Å². The fourth-order valence-electron chi connectivity index (χ4n) is 4.77. The summed E-state index contributed by atoms with van der Waals surface area (Å²) in [7, 11) is 0. The Hall–Kier alpha value is -2.88. The minimum atomic E-state index is -0.490. The number of amidine groups is 1. The van der Waals surface area contributed by atoms with Gasteiger partial charge in [-0.05, 0) is 67.0 Å². The molecule has 4 nitrogen and oxygen atoms in total. The third kappa shape index (κ3) is 2.51. The molecule has 28 heavy (non-hydrogen) atoms. The summed E-state index contributed by atoms with van der Waals surface area (Å²) in [5.41, 5.74) is 5.28. The average Bonchev–Trinajstić information content (AvgIpc) is 3.42. The number of aryl methyl sites for hydroxylation is 1. The van der Waals surface area contributed by atoms with Gasteiger partial charge in [-0.25, -0.2) is 0 Å². The van der Waals surface area contributed by atoms with Crippen LogP contribution >= 0.6 is 0 Å². The van der Waals surface area contributed by atoms with E-state index in [0.717, 1.165) is 48.2 Å². The Bertz CT molecular complexity index is 1100. The Labute approximate surface area is 165 Å². The summed E-state index contributed by atoms with van der Waals surface area (Å²) in [5, 5.41) is 1.21. The molecule has 1 aromatic heterocycles. The van der Waals surface area contributed by atoms with Gasteiger partial charge in [0.2, 0.25) is 0 Å². The number of amides is 1. The van der Waals surface area contributed by atoms with Crippen LogP contribution in [0.3, 0.4) is 0 Å². The van der Waals surface area contributed by atoms with Crippen molar-refractivity contribution in [3.05, 3.63) is 59.8 Å². The van der Waals surface area contributed by atoms with E-state index < -0.39 is 5.54 Å². The SMILES string of the molecule is CCN1C(=O)C2(CCCC2)N=C1c1ccc(-c2ccc3[nH]ccc3c2)cc1C. The number of carbonyl (C=O) groups is 1. The summed E-state index contributed by atoms with van der Waals surface area (Å²) in [5.74, 6) is 1.06. The molecule has 0 unspecified atom stereocenters. The minimum absolute atomic E-state index is 0.198. The average molecular weight is 371 g/mol. The van der Waals surface area contributed by atoms with Crippen molar-refractivity contribution in [2.75, 3.05) is 6.54 Å². The second-order valence-electron chi connectivity index (χ2n) is 8.03. The van der Waals surface area contributed by atoms with E-state index >= 15 is 0 Å². The van der Waals surface area contributed by atoms with Crippen LogP contribution in [0, 0.1) is 6.92 Å². The third-order valence-electron chi connectivity index (χ3n) is 6.32. The van der Waals surface area contributed by atoms with Crippen LogP contribution < -0.4 is 0 Å². The number of benzene rings is 2. The fraction of sp³-hybridized carbons (Fsp3) is 0.333. The molecule has 0 saturated heterocycles. The standard InChI is InChI=1S/C24H25N3O/c1-3-27-22(26-24(23(27)28)11-4-5-12-24)20-8-6-17(14-16(20)2)18-7-9-21-19(15-18)10-13-25-21/h6-10,13-15,25H,3-5,11-12H2,1-2H3. The lowest BCUT2D eigenvalue weighted by Gasteiger charge is -2.21. The zero-order valence-electron chi connectivity index (χ0n) is 16.5. The number of likely N-dealkylation sites (N-methyl/N-ethyl adjacent to an activating group) is 1. The van der Waals surface area contributed by atoms with Crippen molar-refractivity contribution in [2.24, 2.45) is 4.99 Å². The molecule has 142 valence electrons. The first kappa shape index (κ1) is 17.2. The van der Waals surface area contributed by atoms with Crippen LogP contribution in [0.1, 0.15) is 43.7 Å². The number of rotatable bonds is 3. The highest BCUT2D eigenvalue weighted by Crippen LogP contribution is 2.40. The molecule has 1 saturated carbocycles. The molecular weight excluding hydrogens is 346 g/mol. The highest BCUT2D eigenvalue weighted by atomic mass is 16.2. The quantitative estimate of drug-likeness (QED) is 0.687. The fourth-order valence-corrected chi connectivity index (χ4v) is 4.77. The lowest BCUT2D eigenvalue weighted by Crippen LogP contribution is -2.41. The molecule has 0 atom stereocenters. The van der Waals surface area contributed by atoms with E-state index in [-0.39, 0.29) is 5.91 Å². The first-order valence-corrected chi connectivity index (χ1v) is 10.2. The van der Waals surface area contributed by atoms with Crippen molar-refractivity contribution in [1.29, 1.82) is 0 Å². The van der Waals surface area contributed by atoms with Crippen molar-refractivity contribution in [1.82, 2.24) is 9.88 Å². The summed E-state index contributed by atoms with van der Waals surface area (Å²) in [6.07, 6.45) is 5.94. The molecule has 4 heteroatoms. The molecule has 2 heterocycles. The van der Waals surface area contributed by atoms with E-state index in [4.69, 9.17) is 4.99 Å². The summed E-state index contributed by atoms with van der Waals surface area (Å²) in [4.78, 5) is 23.2. The van der Waals surface area contributed by atoms with Gasteiger partial charge < -0.3 is 4.98 Å². The van der Waals surface area contributed by atoms with Crippen LogP contribution in [-0.2, 0) is 4.79 Å². The molecule has 2 aromatic carbocycles. The van der Waals surface area contributed by atoms with Crippen LogP contribution in [0.4, 0.5) is 0 Å². The van der Waals surface area contributed by atoms with Crippen LogP contribution in [-0.4, -0.2) is 33.7 Å². The lowest BCUT2D eigenvalue weighted by molar-refractivity contribution is -0.130. The highest BCUT2D eigenvalue weighted by Gasteiger charge is 2.49. The molecule has 1 aliphatic heterocycles. The molecule has 0 radical (unpaired) electrons. The van der Waals surface area contributed by atoms with Gasteiger partial charge in [0.05, 0.1) is 0 Å². The molecular formula is C24H25N3O. The number of fused-ring (bicyclic) bond motifs is 1. The van der Waals surface area contributed by atoms with Crippen molar-refractivity contribution in [3.8, 4) is 11.1 Å². The van der Waals surface area contributed by atoms with E-state index in [1.54, 1.807) is 0 Å². The van der Waals surface area contributed by atoms with Gasteiger partial charge in [0.1, 0.15) is 11.4 Å². The maximum atomic E-state index is 13.1. The summed E-state index contributed by atoms with van der Waals surface area (Å²) in [6.45, 7) is 4.83. The number of aromatic amines is 1. The van der Waals surface area contributed by atoms with Crippen molar-refractivity contribution >= 4 is 22.6 Å². The number of H-pyrrole nitrogens is 1. The van der Waals surface area contributed by atoms with Gasteiger partial charge in [-0.1, -0.05) is 37.1 Å². The number of hydrogen-bond donors (Lipinski definition) is 1. The molecule has 1 aliphatic carbocycles. The molecule has 2 aliphatic rings. The monoisotopic (exact) mass is 371 g/mol. The van der Waals surface area contributed by atoms with Gasteiger partial charge in [0.15, 0.2) is 0 Å².